The van der Waals surface area contributed by atoms with Gasteiger partial charge in [-0.05, 0) is 13.8 Å². The molecule has 0 aromatic heterocycles. The van der Waals surface area contributed by atoms with Gasteiger partial charge in [0.15, 0.2) is 5.70 Å². The Morgan fingerprint density at radius 3 is 2.91 bits per heavy atom. The van der Waals surface area contributed by atoms with Gasteiger partial charge in [-0.2, -0.15) is 5.10 Å². The summed E-state index contributed by atoms with van der Waals surface area (Å²) in [5.41, 5.74) is 4.67. The van der Waals surface area contributed by atoms with Crippen molar-refractivity contribution >= 4 is 12.2 Å². The zero-order valence-electron chi connectivity index (χ0n) is 6.50. The maximum atomic E-state index is 11.0. The Morgan fingerprint density at radius 2 is 2.45 bits per heavy atom. The molecule has 0 bridgehead atoms. The molecule has 0 aromatic rings. The Hall–Kier alpha value is -1.32. The number of carbonyl (C=O) groups is 1. The van der Waals surface area contributed by atoms with Crippen molar-refractivity contribution in [3.05, 3.63) is 11.3 Å². The van der Waals surface area contributed by atoms with Crippen LogP contribution in [-0.2, 0) is 9.53 Å². The van der Waals surface area contributed by atoms with Gasteiger partial charge in [-0.25, -0.2) is 4.79 Å². The Labute approximate surface area is 64.9 Å². The second-order valence-electron chi connectivity index (χ2n) is 2.10. The van der Waals surface area contributed by atoms with Crippen LogP contribution in [-0.4, -0.2) is 18.8 Å². The zero-order chi connectivity index (χ0) is 8.27. The molecule has 4 nitrogen and oxygen atoms in total. The van der Waals surface area contributed by atoms with Crippen LogP contribution in [0.1, 0.15) is 13.8 Å². The lowest BCUT2D eigenvalue weighted by Crippen LogP contribution is -2.12. The summed E-state index contributed by atoms with van der Waals surface area (Å²) in [6.45, 7) is 3.89. The first-order valence-electron chi connectivity index (χ1n) is 3.37. The van der Waals surface area contributed by atoms with Crippen molar-refractivity contribution in [1.29, 1.82) is 0 Å². The molecule has 0 fully saturated rings. The third-order valence-electron chi connectivity index (χ3n) is 1.25. The van der Waals surface area contributed by atoms with E-state index in [1.807, 2.05) is 0 Å². The molecular formula is C7H9N2O2. The highest BCUT2D eigenvalue weighted by Gasteiger charge is 2.17. The van der Waals surface area contributed by atoms with Gasteiger partial charge in [0, 0.05) is 5.57 Å². The summed E-state index contributed by atoms with van der Waals surface area (Å²) in [7, 11) is 0. The predicted octanol–water partition coefficient (Wildman–Crippen LogP) is 0.427. The van der Waals surface area contributed by atoms with E-state index in [2.05, 4.69) is 10.5 Å². The number of ether oxygens (including phenoxy) is 1. The number of hydrogen-bond acceptors (Lipinski definition) is 3. The molecule has 1 radical (unpaired) electrons. The second-order valence-corrected chi connectivity index (χ2v) is 2.10. The minimum absolute atomic E-state index is 0.312. The van der Waals surface area contributed by atoms with Gasteiger partial charge in [0.2, 0.25) is 0 Å². The smallest absolute Gasteiger partial charge is 0.359 e. The molecule has 0 aromatic carbocycles. The van der Waals surface area contributed by atoms with Crippen LogP contribution in [0.2, 0.25) is 0 Å². The Bertz CT molecular complexity index is 231. The fraction of sp³-hybridized carbons (Fsp3) is 0.429. The molecular weight excluding hydrogens is 144 g/mol. The van der Waals surface area contributed by atoms with Crippen molar-refractivity contribution in [2.45, 2.75) is 13.8 Å². The minimum atomic E-state index is -0.400. The highest BCUT2D eigenvalue weighted by atomic mass is 16.5. The van der Waals surface area contributed by atoms with Crippen LogP contribution in [0.15, 0.2) is 16.4 Å². The van der Waals surface area contributed by atoms with E-state index < -0.39 is 5.97 Å². The SMILES string of the molecule is CCOC(=O)C1=C(C)C=N[N]1. The summed E-state index contributed by atoms with van der Waals surface area (Å²) in [5, 5.41) is 3.57. The topological polar surface area (TPSA) is 52.8 Å². The Kier molecular flexibility index (Phi) is 2.25. The third kappa shape index (κ3) is 1.58. The summed E-state index contributed by atoms with van der Waals surface area (Å²) in [6.07, 6.45) is 1.53. The molecule has 0 aliphatic carbocycles. The van der Waals surface area contributed by atoms with Crippen molar-refractivity contribution in [2.75, 3.05) is 6.61 Å². The predicted molar refractivity (Wildman–Crippen MR) is 40.0 cm³/mol. The van der Waals surface area contributed by atoms with Gasteiger partial charge in [-0.15, -0.1) is 5.43 Å². The van der Waals surface area contributed by atoms with Crippen molar-refractivity contribution < 1.29 is 9.53 Å². The van der Waals surface area contributed by atoms with E-state index in [0.29, 0.717) is 12.3 Å². The highest BCUT2D eigenvalue weighted by molar-refractivity contribution is 5.97. The van der Waals surface area contributed by atoms with E-state index in [0.717, 1.165) is 5.57 Å². The standard InChI is InChI=1S/C7H9N2O2/c1-3-11-7(10)6-5(2)4-8-9-6/h4H,3H2,1-2H3. The van der Waals surface area contributed by atoms with Gasteiger partial charge in [-0.3, -0.25) is 0 Å². The summed E-state index contributed by atoms with van der Waals surface area (Å²) >= 11 is 0. The lowest BCUT2D eigenvalue weighted by atomic mass is 10.3. The molecule has 0 unspecified atom stereocenters. The van der Waals surface area contributed by atoms with Crippen molar-refractivity contribution in [1.82, 2.24) is 5.43 Å². The average molecular weight is 153 g/mol. The second kappa shape index (κ2) is 3.18. The molecule has 0 atom stereocenters. The van der Waals surface area contributed by atoms with Crippen molar-refractivity contribution in [3.63, 3.8) is 0 Å². The fourth-order valence-corrected chi connectivity index (χ4v) is 0.714. The molecule has 1 aliphatic heterocycles. The summed E-state index contributed by atoms with van der Waals surface area (Å²) in [6, 6.07) is 0. The van der Waals surface area contributed by atoms with Crippen LogP contribution < -0.4 is 5.43 Å². The van der Waals surface area contributed by atoms with Gasteiger partial charge < -0.3 is 4.74 Å². The van der Waals surface area contributed by atoms with Crippen LogP contribution >= 0.6 is 0 Å². The maximum absolute atomic E-state index is 11.0. The summed E-state index contributed by atoms with van der Waals surface area (Å²) in [5.74, 6) is -0.400. The molecule has 0 N–H and O–H groups in total. The molecule has 1 heterocycles. The van der Waals surface area contributed by atoms with Gasteiger partial charge in [0.05, 0.1) is 12.8 Å². The van der Waals surface area contributed by atoms with E-state index in [1.54, 1.807) is 13.8 Å². The summed E-state index contributed by atoms with van der Waals surface area (Å²) in [4.78, 5) is 11.0. The first-order chi connectivity index (χ1) is 5.25. The van der Waals surface area contributed by atoms with E-state index in [1.165, 1.54) is 6.21 Å². The van der Waals surface area contributed by atoms with Crippen molar-refractivity contribution in [2.24, 2.45) is 5.10 Å². The zero-order valence-corrected chi connectivity index (χ0v) is 6.50. The van der Waals surface area contributed by atoms with E-state index in [9.17, 15) is 4.79 Å². The number of hydrogen-bond donors (Lipinski definition) is 0. The minimum Gasteiger partial charge on any atom is -0.461 e. The molecule has 4 heteroatoms. The Morgan fingerprint density at radius 1 is 1.73 bits per heavy atom. The van der Waals surface area contributed by atoms with E-state index >= 15 is 0 Å². The number of carbonyl (C=O) groups excluding carboxylic acids is 1. The third-order valence-corrected chi connectivity index (χ3v) is 1.25. The van der Waals surface area contributed by atoms with Crippen molar-refractivity contribution in [3.8, 4) is 0 Å². The van der Waals surface area contributed by atoms with Gasteiger partial charge in [-0.1, -0.05) is 0 Å². The van der Waals surface area contributed by atoms with Crippen LogP contribution in [0, 0.1) is 0 Å². The monoisotopic (exact) mass is 153 g/mol. The first-order valence-corrected chi connectivity index (χ1v) is 3.37. The average Bonchev–Trinajstić information content (AvgIpc) is 2.36. The number of esters is 1. The first kappa shape index (κ1) is 7.78. The molecule has 0 saturated carbocycles. The molecule has 0 amide bonds. The normalized spacial score (nSPS) is 15.1. The van der Waals surface area contributed by atoms with E-state index in [4.69, 9.17) is 4.74 Å². The quantitative estimate of drug-likeness (QED) is 0.540. The molecule has 0 spiro atoms. The molecule has 0 saturated heterocycles. The van der Waals surface area contributed by atoms with E-state index in [-0.39, 0.29) is 0 Å². The number of nitrogens with zero attached hydrogens (tertiary/aromatic N) is 2. The molecule has 59 valence electrons. The van der Waals surface area contributed by atoms with Gasteiger partial charge in [0.1, 0.15) is 0 Å². The fourth-order valence-electron chi connectivity index (χ4n) is 0.714. The molecule has 11 heavy (non-hydrogen) atoms. The highest BCUT2D eigenvalue weighted by Crippen LogP contribution is 2.07. The van der Waals surface area contributed by atoms with Crippen LogP contribution in [0.3, 0.4) is 0 Å². The lowest BCUT2D eigenvalue weighted by Gasteiger charge is -2.00. The molecule has 1 aliphatic rings. The van der Waals surface area contributed by atoms with Crippen LogP contribution in [0.4, 0.5) is 0 Å². The maximum Gasteiger partial charge on any atom is 0.359 e. The molecule has 1 rings (SSSR count). The number of allylic oxidation sites excluding steroid dienone is 1. The number of rotatable bonds is 2. The summed E-state index contributed by atoms with van der Waals surface area (Å²) < 4.78 is 4.73. The Balaban J connectivity index is 2.62. The van der Waals surface area contributed by atoms with Gasteiger partial charge >= 0.3 is 5.97 Å². The largest absolute Gasteiger partial charge is 0.461 e. The van der Waals surface area contributed by atoms with Crippen LogP contribution in [0.25, 0.3) is 0 Å². The van der Waals surface area contributed by atoms with Crippen LogP contribution in [0.5, 0.6) is 0 Å². The van der Waals surface area contributed by atoms with Gasteiger partial charge in [0.25, 0.3) is 0 Å². The lowest BCUT2D eigenvalue weighted by molar-refractivity contribution is -0.139.